The van der Waals surface area contributed by atoms with Crippen LogP contribution >= 0.6 is 34.8 Å². The maximum atomic E-state index is 5.60. The standard InChI is InChI=1S/C6H7ClN2O2.C4H3Cl2N3/c1-10-5-3-4(7)8-6(9-5)11-2;5-2-1-3(6)9-4(7)8-2/h3H,1-2H3;1H,(H2,7,8,9). The normalized spacial score (nSPS) is 9.45. The minimum atomic E-state index is 0.0903. The number of halogens is 3. The van der Waals surface area contributed by atoms with E-state index in [1.165, 1.54) is 26.4 Å². The van der Waals surface area contributed by atoms with Gasteiger partial charge in [-0.15, -0.1) is 0 Å². The van der Waals surface area contributed by atoms with E-state index in [-0.39, 0.29) is 22.3 Å². The highest BCUT2D eigenvalue weighted by molar-refractivity contribution is 6.33. The van der Waals surface area contributed by atoms with Crippen molar-refractivity contribution in [3.63, 3.8) is 0 Å². The van der Waals surface area contributed by atoms with Crippen LogP contribution in [0.4, 0.5) is 5.95 Å². The molecule has 0 aliphatic carbocycles. The number of ether oxygens (including phenoxy) is 2. The van der Waals surface area contributed by atoms with Crippen molar-refractivity contribution in [2.24, 2.45) is 0 Å². The predicted octanol–water partition coefficient (Wildman–Crippen LogP) is 2.51. The Morgan fingerprint density at radius 1 is 0.850 bits per heavy atom. The van der Waals surface area contributed by atoms with Gasteiger partial charge in [0, 0.05) is 12.1 Å². The molecule has 0 atom stereocenters. The van der Waals surface area contributed by atoms with Crippen LogP contribution in [0.5, 0.6) is 11.9 Å². The molecule has 0 saturated carbocycles. The van der Waals surface area contributed by atoms with Crippen LogP contribution in [0.2, 0.25) is 15.5 Å². The van der Waals surface area contributed by atoms with Crippen molar-refractivity contribution < 1.29 is 9.47 Å². The van der Waals surface area contributed by atoms with Crippen molar-refractivity contribution in [1.82, 2.24) is 19.9 Å². The number of nitrogens with two attached hydrogens (primary N) is 1. The van der Waals surface area contributed by atoms with Crippen LogP contribution in [-0.4, -0.2) is 34.2 Å². The van der Waals surface area contributed by atoms with Gasteiger partial charge in [-0.25, -0.2) is 9.97 Å². The van der Waals surface area contributed by atoms with Crippen LogP contribution in [0.3, 0.4) is 0 Å². The van der Waals surface area contributed by atoms with Gasteiger partial charge in [0.05, 0.1) is 14.2 Å². The Bertz CT molecular complexity index is 512. The fraction of sp³-hybridized carbons (Fsp3) is 0.200. The molecule has 0 aliphatic rings. The summed E-state index contributed by atoms with van der Waals surface area (Å²) in [5.41, 5.74) is 5.17. The average Bonchev–Trinajstić information content (AvgIpc) is 2.37. The molecule has 2 N–H and O–H groups in total. The fourth-order valence-electron chi connectivity index (χ4n) is 0.980. The molecule has 0 bridgehead atoms. The summed E-state index contributed by atoms with van der Waals surface area (Å²) in [7, 11) is 2.96. The topological polar surface area (TPSA) is 96.0 Å². The first-order valence-electron chi connectivity index (χ1n) is 5.02. The van der Waals surface area contributed by atoms with Crippen LogP contribution in [0.15, 0.2) is 12.1 Å². The maximum Gasteiger partial charge on any atom is 0.320 e. The molecule has 0 aromatic carbocycles. The van der Waals surface area contributed by atoms with E-state index in [9.17, 15) is 0 Å². The lowest BCUT2D eigenvalue weighted by atomic mass is 10.6. The zero-order valence-corrected chi connectivity index (χ0v) is 12.7. The van der Waals surface area contributed by atoms with Gasteiger partial charge in [-0.05, 0) is 0 Å². The number of hydrogen-bond acceptors (Lipinski definition) is 7. The number of nitrogens with zero attached hydrogens (tertiary/aromatic N) is 4. The minimum Gasteiger partial charge on any atom is -0.481 e. The molecule has 7 nitrogen and oxygen atoms in total. The average molecular weight is 339 g/mol. The Hall–Kier alpha value is -1.57. The second-order valence-electron chi connectivity index (χ2n) is 3.09. The quantitative estimate of drug-likeness (QED) is 0.840. The second kappa shape index (κ2) is 7.88. The Balaban J connectivity index is 0.000000204. The smallest absolute Gasteiger partial charge is 0.320 e. The summed E-state index contributed by atoms with van der Waals surface area (Å²) in [6.45, 7) is 0. The third kappa shape index (κ3) is 5.60. The lowest BCUT2D eigenvalue weighted by Crippen LogP contribution is -1.94. The van der Waals surface area contributed by atoms with E-state index in [1.54, 1.807) is 0 Å². The molecule has 0 spiro atoms. The first-order chi connectivity index (χ1) is 9.44. The number of nitrogen functional groups attached to an aromatic ring is 1. The lowest BCUT2D eigenvalue weighted by Gasteiger charge is -2.00. The summed E-state index contributed by atoms with van der Waals surface area (Å²) in [5, 5.41) is 0.814. The fourth-order valence-corrected chi connectivity index (χ4v) is 1.58. The predicted molar refractivity (Wildman–Crippen MR) is 76.6 cm³/mol. The van der Waals surface area contributed by atoms with E-state index < -0.39 is 0 Å². The maximum absolute atomic E-state index is 5.60. The van der Waals surface area contributed by atoms with E-state index >= 15 is 0 Å². The van der Waals surface area contributed by atoms with Crippen LogP contribution in [-0.2, 0) is 0 Å². The number of rotatable bonds is 2. The third-order valence-electron chi connectivity index (χ3n) is 1.72. The van der Waals surface area contributed by atoms with E-state index in [2.05, 4.69) is 19.9 Å². The van der Waals surface area contributed by atoms with Gasteiger partial charge in [0.1, 0.15) is 15.5 Å². The lowest BCUT2D eigenvalue weighted by molar-refractivity contribution is 0.352. The minimum absolute atomic E-state index is 0.0903. The molecule has 0 aliphatic heterocycles. The van der Waals surface area contributed by atoms with Gasteiger partial charge in [-0.2, -0.15) is 9.97 Å². The van der Waals surface area contributed by atoms with Gasteiger partial charge in [0.2, 0.25) is 11.8 Å². The van der Waals surface area contributed by atoms with Gasteiger partial charge >= 0.3 is 6.01 Å². The van der Waals surface area contributed by atoms with Crippen molar-refractivity contribution in [2.45, 2.75) is 0 Å². The van der Waals surface area contributed by atoms with E-state index in [0.29, 0.717) is 11.0 Å². The summed E-state index contributed by atoms with van der Waals surface area (Å²) < 4.78 is 9.57. The summed E-state index contributed by atoms with van der Waals surface area (Å²) in [6.07, 6.45) is 0. The number of aromatic nitrogens is 4. The number of methoxy groups -OCH3 is 2. The molecule has 0 saturated heterocycles. The van der Waals surface area contributed by atoms with Crippen molar-refractivity contribution in [3.05, 3.63) is 27.6 Å². The van der Waals surface area contributed by atoms with Gasteiger partial charge in [-0.1, -0.05) is 34.8 Å². The summed E-state index contributed by atoms with van der Waals surface area (Å²) in [6, 6.07) is 3.12. The highest BCUT2D eigenvalue weighted by atomic mass is 35.5. The molecule has 2 heterocycles. The summed E-state index contributed by atoms with van der Waals surface area (Å²) in [5.74, 6) is 0.481. The molecular weight excluding hydrogens is 329 g/mol. The van der Waals surface area contributed by atoms with Crippen LogP contribution in [0, 0.1) is 0 Å². The second-order valence-corrected chi connectivity index (χ2v) is 4.25. The monoisotopic (exact) mass is 337 g/mol. The molecular formula is C10H10Cl3N5O2. The summed E-state index contributed by atoms with van der Waals surface area (Å²) in [4.78, 5) is 14.7. The van der Waals surface area contributed by atoms with Gasteiger partial charge in [-0.3, -0.25) is 0 Å². The van der Waals surface area contributed by atoms with Crippen LogP contribution in [0.1, 0.15) is 0 Å². The molecule has 108 valence electrons. The molecule has 0 fully saturated rings. The molecule has 2 aromatic heterocycles. The Kier molecular flexibility index (Phi) is 6.50. The first kappa shape index (κ1) is 16.5. The molecule has 2 aromatic rings. The Morgan fingerprint density at radius 3 is 1.85 bits per heavy atom. The molecule has 0 radical (unpaired) electrons. The molecule has 0 amide bonds. The van der Waals surface area contributed by atoms with Crippen molar-refractivity contribution >= 4 is 40.8 Å². The zero-order valence-electron chi connectivity index (χ0n) is 10.5. The Morgan fingerprint density at radius 2 is 1.40 bits per heavy atom. The van der Waals surface area contributed by atoms with E-state index in [1.807, 2.05) is 0 Å². The third-order valence-corrected chi connectivity index (χ3v) is 2.30. The molecule has 2 rings (SSSR count). The highest BCUT2D eigenvalue weighted by Gasteiger charge is 2.01. The largest absolute Gasteiger partial charge is 0.481 e. The van der Waals surface area contributed by atoms with Gasteiger partial charge in [0.25, 0.3) is 0 Å². The van der Waals surface area contributed by atoms with E-state index in [0.717, 1.165) is 0 Å². The molecule has 0 unspecified atom stereocenters. The SMILES string of the molecule is COc1cc(Cl)nc(OC)n1.Nc1nc(Cl)cc(Cl)n1. The zero-order chi connectivity index (χ0) is 15.1. The molecule has 20 heavy (non-hydrogen) atoms. The highest BCUT2D eigenvalue weighted by Crippen LogP contribution is 2.16. The first-order valence-corrected chi connectivity index (χ1v) is 6.16. The van der Waals surface area contributed by atoms with Crippen molar-refractivity contribution in [3.8, 4) is 11.9 Å². The number of anilines is 1. The van der Waals surface area contributed by atoms with Crippen molar-refractivity contribution in [2.75, 3.05) is 20.0 Å². The number of hydrogen-bond donors (Lipinski definition) is 1. The van der Waals surface area contributed by atoms with Crippen molar-refractivity contribution in [1.29, 1.82) is 0 Å². The van der Waals surface area contributed by atoms with Gasteiger partial charge < -0.3 is 15.2 Å². The van der Waals surface area contributed by atoms with Crippen LogP contribution < -0.4 is 15.2 Å². The van der Waals surface area contributed by atoms with Gasteiger partial charge in [0.15, 0.2) is 0 Å². The van der Waals surface area contributed by atoms with Crippen LogP contribution in [0.25, 0.3) is 0 Å². The van der Waals surface area contributed by atoms with E-state index in [4.69, 9.17) is 50.0 Å². The Labute approximate surface area is 130 Å². The summed E-state index contributed by atoms with van der Waals surface area (Å²) >= 11 is 16.5. The molecule has 10 heteroatoms.